The Morgan fingerprint density at radius 3 is 2.63 bits per heavy atom. The van der Waals surface area contributed by atoms with Crippen LogP contribution in [0.25, 0.3) is 0 Å². The minimum Gasteiger partial charge on any atom is -0.468 e. The molecule has 0 aliphatic heterocycles. The fourth-order valence-corrected chi connectivity index (χ4v) is 2.04. The largest absolute Gasteiger partial charge is 0.468 e. The summed E-state index contributed by atoms with van der Waals surface area (Å²) < 4.78 is 4.71. The highest BCUT2D eigenvalue weighted by molar-refractivity contribution is 7.80. The van der Waals surface area contributed by atoms with Crippen molar-refractivity contribution in [3.63, 3.8) is 0 Å². The monoisotopic (exact) mass is 300 g/mol. The summed E-state index contributed by atoms with van der Waals surface area (Å²) in [6, 6.07) is 5.34. The van der Waals surface area contributed by atoms with E-state index in [2.05, 4.69) is 0 Å². The SMILES string of the molecule is COC(=O)CN(c1ccc(Cl)cc1C(N)=S)C(C)C. The molecule has 0 bridgehead atoms. The first-order chi connectivity index (χ1) is 8.86. The molecule has 0 saturated carbocycles. The number of carbonyl (C=O) groups is 1. The van der Waals surface area contributed by atoms with Gasteiger partial charge in [-0.15, -0.1) is 0 Å². The summed E-state index contributed by atoms with van der Waals surface area (Å²) >= 11 is 11.0. The third-order valence-electron chi connectivity index (χ3n) is 2.68. The van der Waals surface area contributed by atoms with Gasteiger partial charge in [-0.3, -0.25) is 4.79 Å². The predicted molar refractivity (Wildman–Crippen MR) is 81.8 cm³/mol. The molecule has 1 rings (SSSR count). The fourth-order valence-electron chi connectivity index (χ4n) is 1.71. The molecule has 6 heteroatoms. The molecular weight excluding hydrogens is 284 g/mol. The number of anilines is 1. The maximum Gasteiger partial charge on any atom is 0.325 e. The number of hydrogen-bond acceptors (Lipinski definition) is 4. The number of thiocarbonyl (C=S) groups is 1. The first kappa shape index (κ1) is 15.7. The molecule has 104 valence electrons. The van der Waals surface area contributed by atoms with E-state index in [1.807, 2.05) is 18.7 Å². The third kappa shape index (κ3) is 4.08. The Bertz CT molecular complexity index is 492. The van der Waals surface area contributed by atoms with E-state index in [1.54, 1.807) is 18.2 Å². The van der Waals surface area contributed by atoms with Gasteiger partial charge in [0.2, 0.25) is 0 Å². The zero-order chi connectivity index (χ0) is 14.6. The Labute approximate surface area is 123 Å². The molecule has 0 spiro atoms. The Kier molecular flexibility index (Phi) is 5.57. The molecule has 0 fully saturated rings. The highest BCUT2D eigenvalue weighted by Crippen LogP contribution is 2.26. The second-order valence-corrected chi connectivity index (χ2v) is 5.20. The quantitative estimate of drug-likeness (QED) is 0.668. The zero-order valence-electron chi connectivity index (χ0n) is 11.1. The van der Waals surface area contributed by atoms with Gasteiger partial charge in [-0.05, 0) is 32.0 Å². The van der Waals surface area contributed by atoms with Gasteiger partial charge in [0, 0.05) is 22.3 Å². The molecule has 0 heterocycles. The van der Waals surface area contributed by atoms with Gasteiger partial charge in [0.25, 0.3) is 0 Å². The maximum absolute atomic E-state index is 11.5. The molecule has 0 aromatic heterocycles. The molecule has 0 aliphatic rings. The Balaban J connectivity index is 3.22. The van der Waals surface area contributed by atoms with Gasteiger partial charge in [0.1, 0.15) is 11.5 Å². The molecule has 4 nitrogen and oxygen atoms in total. The van der Waals surface area contributed by atoms with Gasteiger partial charge >= 0.3 is 5.97 Å². The lowest BCUT2D eigenvalue weighted by Gasteiger charge is -2.29. The van der Waals surface area contributed by atoms with E-state index in [4.69, 9.17) is 34.3 Å². The van der Waals surface area contributed by atoms with E-state index in [-0.39, 0.29) is 23.5 Å². The predicted octanol–water partition coefficient (Wildman–Crippen LogP) is 2.36. The van der Waals surface area contributed by atoms with Crippen molar-refractivity contribution in [1.82, 2.24) is 0 Å². The summed E-state index contributed by atoms with van der Waals surface area (Å²) in [6.07, 6.45) is 0. The fraction of sp³-hybridized carbons (Fsp3) is 0.385. The lowest BCUT2D eigenvalue weighted by molar-refractivity contribution is -0.139. The number of halogens is 1. The molecule has 1 aromatic rings. The summed E-state index contributed by atoms with van der Waals surface area (Å²) in [6.45, 7) is 4.08. The number of nitrogens with two attached hydrogens (primary N) is 1. The van der Waals surface area contributed by atoms with E-state index in [0.29, 0.717) is 10.6 Å². The van der Waals surface area contributed by atoms with Gasteiger partial charge in [0.05, 0.1) is 7.11 Å². The van der Waals surface area contributed by atoms with Crippen molar-refractivity contribution < 1.29 is 9.53 Å². The summed E-state index contributed by atoms with van der Waals surface area (Å²) in [5.74, 6) is -0.322. The van der Waals surface area contributed by atoms with Crippen LogP contribution in [0.3, 0.4) is 0 Å². The molecule has 1 aromatic carbocycles. The first-order valence-corrected chi connectivity index (χ1v) is 6.58. The average Bonchev–Trinajstić information content (AvgIpc) is 2.35. The summed E-state index contributed by atoms with van der Waals surface area (Å²) in [5.41, 5.74) is 7.14. The van der Waals surface area contributed by atoms with Gasteiger partial charge in [-0.1, -0.05) is 23.8 Å². The number of nitrogens with zero attached hydrogens (tertiary/aromatic N) is 1. The van der Waals surface area contributed by atoms with Crippen molar-refractivity contribution in [2.24, 2.45) is 5.73 Å². The lowest BCUT2D eigenvalue weighted by atomic mass is 10.1. The Morgan fingerprint density at radius 2 is 2.16 bits per heavy atom. The smallest absolute Gasteiger partial charge is 0.325 e. The van der Waals surface area contributed by atoms with Gasteiger partial charge in [-0.25, -0.2) is 0 Å². The first-order valence-electron chi connectivity index (χ1n) is 5.79. The molecule has 0 amide bonds. The summed E-state index contributed by atoms with van der Waals surface area (Å²) in [5, 5.41) is 0.549. The Hall–Kier alpha value is -1.33. The lowest BCUT2D eigenvalue weighted by Crippen LogP contribution is -2.37. The second-order valence-electron chi connectivity index (χ2n) is 4.32. The van der Waals surface area contributed by atoms with E-state index in [0.717, 1.165) is 5.69 Å². The van der Waals surface area contributed by atoms with E-state index in [1.165, 1.54) is 7.11 Å². The van der Waals surface area contributed by atoms with E-state index in [9.17, 15) is 4.79 Å². The molecular formula is C13H17ClN2O2S. The number of hydrogen-bond donors (Lipinski definition) is 1. The topological polar surface area (TPSA) is 55.6 Å². The number of methoxy groups -OCH3 is 1. The zero-order valence-corrected chi connectivity index (χ0v) is 12.7. The van der Waals surface area contributed by atoms with Crippen LogP contribution in [-0.4, -0.2) is 30.7 Å². The molecule has 2 N–H and O–H groups in total. The number of carbonyl (C=O) groups excluding carboxylic acids is 1. The van der Waals surface area contributed by atoms with Crippen LogP contribution in [0.4, 0.5) is 5.69 Å². The van der Waals surface area contributed by atoms with Gasteiger partial charge in [0.15, 0.2) is 0 Å². The number of benzene rings is 1. The minimum atomic E-state index is -0.322. The van der Waals surface area contributed by atoms with Crippen LogP contribution < -0.4 is 10.6 Å². The highest BCUT2D eigenvalue weighted by atomic mass is 35.5. The average molecular weight is 301 g/mol. The van der Waals surface area contributed by atoms with E-state index >= 15 is 0 Å². The normalized spacial score (nSPS) is 10.4. The van der Waals surface area contributed by atoms with Crippen LogP contribution in [0, 0.1) is 0 Å². The minimum absolute atomic E-state index is 0.0911. The molecule has 0 radical (unpaired) electrons. The Morgan fingerprint density at radius 1 is 1.53 bits per heavy atom. The molecule has 0 atom stereocenters. The molecule has 19 heavy (non-hydrogen) atoms. The third-order valence-corrected chi connectivity index (χ3v) is 3.14. The van der Waals surface area contributed by atoms with Crippen LogP contribution in [0.15, 0.2) is 18.2 Å². The van der Waals surface area contributed by atoms with E-state index < -0.39 is 0 Å². The van der Waals surface area contributed by atoms with Crippen molar-refractivity contribution in [3.05, 3.63) is 28.8 Å². The number of esters is 1. The second kappa shape index (κ2) is 6.73. The van der Waals surface area contributed by atoms with Crippen molar-refractivity contribution >= 4 is 40.5 Å². The van der Waals surface area contributed by atoms with Gasteiger partial charge < -0.3 is 15.4 Å². The molecule has 0 saturated heterocycles. The van der Waals surface area contributed by atoms with Crippen molar-refractivity contribution in [1.29, 1.82) is 0 Å². The van der Waals surface area contributed by atoms with Crippen LogP contribution >= 0.6 is 23.8 Å². The van der Waals surface area contributed by atoms with Crippen LogP contribution in [0.5, 0.6) is 0 Å². The molecule has 0 aliphatic carbocycles. The maximum atomic E-state index is 11.5. The van der Waals surface area contributed by atoms with Crippen LogP contribution in [0.2, 0.25) is 5.02 Å². The number of ether oxygens (including phenoxy) is 1. The van der Waals surface area contributed by atoms with Crippen LogP contribution in [0.1, 0.15) is 19.4 Å². The number of rotatable bonds is 5. The van der Waals surface area contributed by atoms with Crippen molar-refractivity contribution in [3.8, 4) is 0 Å². The van der Waals surface area contributed by atoms with Crippen molar-refractivity contribution in [2.45, 2.75) is 19.9 Å². The summed E-state index contributed by atoms with van der Waals surface area (Å²) in [4.78, 5) is 13.6. The van der Waals surface area contributed by atoms with Crippen molar-refractivity contribution in [2.75, 3.05) is 18.6 Å². The highest BCUT2D eigenvalue weighted by Gasteiger charge is 2.19. The molecule has 0 unspecified atom stereocenters. The van der Waals surface area contributed by atoms with Gasteiger partial charge in [-0.2, -0.15) is 0 Å². The standard InChI is InChI=1S/C13H17ClN2O2S/c1-8(2)16(7-12(17)18-3)11-5-4-9(14)6-10(11)13(15)19/h4-6,8H,7H2,1-3H3,(H2,15,19). The summed E-state index contributed by atoms with van der Waals surface area (Å²) in [7, 11) is 1.36. The van der Waals surface area contributed by atoms with Crippen LogP contribution in [-0.2, 0) is 9.53 Å².